The van der Waals surface area contributed by atoms with Crippen LogP contribution in [-0.2, 0) is 21.7 Å². The Hall–Kier alpha value is -3.55. The number of hydrogen-bond donors (Lipinski definition) is 1. The number of nitrogens with zero attached hydrogens (tertiary/aromatic N) is 3. The summed E-state index contributed by atoms with van der Waals surface area (Å²) < 4.78 is 13.3. The summed E-state index contributed by atoms with van der Waals surface area (Å²) in [4.78, 5) is 46.6. The molecule has 0 saturated carbocycles. The highest BCUT2D eigenvalue weighted by Crippen LogP contribution is 2.41. The van der Waals surface area contributed by atoms with Gasteiger partial charge < -0.3 is 10.2 Å². The Labute approximate surface area is 198 Å². The Kier molecular flexibility index (Phi) is 6.77. The number of aromatic nitrogens is 1. The van der Waals surface area contributed by atoms with Crippen LogP contribution in [0.4, 0.5) is 9.18 Å². The van der Waals surface area contributed by atoms with Crippen LogP contribution in [0.5, 0.6) is 0 Å². The highest BCUT2D eigenvalue weighted by Gasteiger charge is 2.57. The normalized spacial score (nSPS) is 21.5. The molecule has 2 fully saturated rings. The highest BCUT2D eigenvalue weighted by atomic mass is 19.1. The number of hydrogen-bond acceptors (Lipinski definition) is 4. The van der Waals surface area contributed by atoms with Gasteiger partial charge in [0.05, 0.1) is 6.54 Å². The number of piperidine rings is 1. The molecule has 1 aromatic carbocycles. The average molecular weight is 465 g/mol. The molecule has 0 radical (unpaired) electrons. The number of carbonyl (C=O) groups excluding carboxylic acids is 3. The number of likely N-dealkylation sites (tertiary alicyclic amines) is 1. The first-order chi connectivity index (χ1) is 16.3. The summed E-state index contributed by atoms with van der Waals surface area (Å²) in [7, 11) is 0. The van der Waals surface area contributed by atoms with E-state index in [0.717, 1.165) is 0 Å². The van der Waals surface area contributed by atoms with Gasteiger partial charge in [-0.3, -0.25) is 19.5 Å². The summed E-state index contributed by atoms with van der Waals surface area (Å²) in [6, 6.07) is 8.80. The van der Waals surface area contributed by atoms with Gasteiger partial charge in [0.25, 0.3) is 5.91 Å². The first kappa shape index (κ1) is 23.6. The van der Waals surface area contributed by atoms with Crippen molar-refractivity contribution in [1.29, 1.82) is 0 Å². The molecule has 1 atom stereocenters. The van der Waals surface area contributed by atoms with E-state index in [1.54, 1.807) is 47.6 Å². The summed E-state index contributed by atoms with van der Waals surface area (Å²) in [6.07, 6.45) is 7.84. The van der Waals surface area contributed by atoms with E-state index in [0.29, 0.717) is 37.1 Å². The van der Waals surface area contributed by atoms with Crippen LogP contribution in [0.15, 0.2) is 60.9 Å². The number of rotatable bonds is 6. The maximum atomic E-state index is 13.9. The topological polar surface area (TPSA) is 82.6 Å². The van der Waals surface area contributed by atoms with E-state index in [-0.39, 0.29) is 36.0 Å². The largest absolute Gasteiger partial charge is 0.339 e. The van der Waals surface area contributed by atoms with Gasteiger partial charge in [-0.2, -0.15) is 0 Å². The van der Waals surface area contributed by atoms with Crippen LogP contribution >= 0.6 is 0 Å². The lowest BCUT2D eigenvalue weighted by atomic mass is 9.73. The predicted octanol–water partition coefficient (Wildman–Crippen LogP) is 3.62. The fourth-order valence-electron chi connectivity index (χ4n) is 4.73. The number of urea groups is 1. The molecule has 2 saturated heterocycles. The second kappa shape index (κ2) is 9.75. The van der Waals surface area contributed by atoms with Crippen LogP contribution in [-0.4, -0.2) is 45.7 Å². The van der Waals surface area contributed by atoms with Crippen molar-refractivity contribution < 1.29 is 18.8 Å². The minimum absolute atomic E-state index is 0.0395. The van der Waals surface area contributed by atoms with Crippen LogP contribution in [0.3, 0.4) is 0 Å². The van der Waals surface area contributed by atoms with Gasteiger partial charge in [0.2, 0.25) is 5.91 Å². The van der Waals surface area contributed by atoms with Crippen molar-refractivity contribution in [2.24, 2.45) is 11.8 Å². The van der Waals surface area contributed by atoms with E-state index < -0.39 is 11.6 Å². The number of allylic oxidation sites excluding steroid dienone is 1. The van der Waals surface area contributed by atoms with Gasteiger partial charge in [-0.15, -0.1) is 0 Å². The van der Waals surface area contributed by atoms with E-state index in [2.05, 4.69) is 10.3 Å². The summed E-state index contributed by atoms with van der Waals surface area (Å²) >= 11 is 0. The van der Waals surface area contributed by atoms with Crippen molar-refractivity contribution in [3.05, 3.63) is 77.9 Å². The minimum atomic E-state index is -1.26. The number of carbonyl (C=O) groups is 3. The van der Waals surface area contributed by atoms with E-state index in [4.69, 9.17) is 0 Å². The maximum Gasteiger partial charge on any atom is 0.325 e. The molecule has 2 aromatic rings. The average Bonchev–Trinajstić information content (AvgIpc) is 3.10. The zero-order valence-electron chi connectivity index (χ0n) is 19.4. The first-order valence-corrected chi connectivity index (χ1v) is 11.6. The summed E-state index contributed by atoms with van der Waals surface area (Å²) in [5.41, 5.74) is 0.0255. The highest BCUT2D eigenvalue weighted by molar-refractivity contribution is 6.07. The monoisotopic (exact) mass is 464 g/mol. The van der Waals surface area contributed by atoms with Gasteiger partial charge in [0.15, 0.2) is 5.54 Å². The fraction of sp³-hybridized carbons (Fsp3) is 0.385. The molecule has 0 aliphatic carbocycles. The molecule has 0 spiro atoms. The van der Waals surface area contributed by atoms with Gasteiger partial charge in [-0.25, -0.2) is 9.18 Å². The second-order valence-corrected chi connectivity index (χ2v) is 9.20. The molecule has 4 rings (SSSR count). The van der Waals surface area contributed by atoms with Gasteiger partial charge >= 0.3 is 6.03 Å². The molecule has 0 unspecified atom stereocenters. The Bertz CT molecular complexity index is 1080. The Morgan fingerprint density at radius 1 is 1.21 bits per heavy atom. The fourth-order valence-corrected chi connectivity index (χ4v) is 4.73. The smallest absolute Gasteiger partial charge is 0.325 e. The van der Waals surface area contributed by atoms with Crippen LogP contribution in [0.2, 0.25) is 0 Å². The number of pyridine rings is 1. The quantitative estimate of drug-likeness (QED) is 0.523. The molecular weight excluding hydrogens is 435 g/mol. The van der Waals surface area contributed by atoms with E-state index in [1.165, 1.54) is 17.0 Å². The molecule has 2 aliphatic rings. The standard InChI is InChI=1S/C26H29FN4O3/c1-18(2)5-10-23(32)30-14-11-20(12-15-30)26(21-4-3-13-28-16-21)24(33)31(25(34)29-26)17-19-6-8-22(27)9-7-19/h3-10,13,16,18,20H,11-12,14-15,17H2,1-2H3,(H,29,34)/b10-5+/t26-/m0/s1. The van der Waals surface area contributed by atoms with Crippen molar-refractivity contribution in [2.45, 2.75) is 38.8 Å². The first-order valence-electron chi connectivity index (χ1n) is 11.6. The lowest BCUT2D eigenvalue weighted by Crippen LogP contribution is -2.54. The van der Waals surface area contributed by atoms with Crippen LogP contribution in [0.25, 0.3) is 0 Å². The van der Waals surface area contributed by atoms with Crippen LogP contribution in [0.1, 0.15) is 37.8 Å². The van der Waals surface area contributed by atoms with Crippen LogP contribution in [0, 0.1) is 17.7 Å². The molecular formula is C26H29FN4O3. The van der Waals surface area contributed by atoms with Crippen molar-refractivity contribution in [2.75, 3.05) is 13.1 Å². The minimum Gasteiger partial charge on any atom is -0.339 e. The molecule has 34 heavy (non-hydrogen) atoms. The Morgan fingerprint density at radius 3 is 2.53 bits per heavy atom. The number of amides is 4. The number of nitrogens with one attached hydrogen (secondary N) is 1. The number of benzene rings is 1. The summed E-state index contributed by atoms with van der Waals surface area (Å²) in [5, 5.41) is 2.97. The Morgan fingerprint density at radius 2 is 1.91 bits per heavy atom. The molecule has 178 valence electrons. The van der Waals surface area contributed by atoms with Gasteiger partial charge in [-0.05, 0) is 54.5 Å². The number of imide groups is 1. The third-order valence-electron chi connectivity index (χ3n) is 6.55. The molecule has 8 heteroatoms. The molecule has 0 bridgehead atoms. The Balaban J connectivity index is 1.59. The summed E-state index contributed by atoms with van der Waals surface area (Å²) in [5.74, 6) is -0.685. The molecule has 4 amide bonds. The van der Waals surface area contributed by atoms with E-state index in [1.807, 2.05) is 19.9 Å². The lowest BCUT2D eigenvalue weighted by molar-refractivity contribution is -0.135. The number of halogens is 1. The zero-order valence-corrected chi connectivity index (χ0v) is 19.4. The molecule has 2 aliphatic heterocycles. The summed E-state index contributed by atoms with van der Waals surface area (Å²) in [6.45, 7) is 5.06. The maximum absolute atomic E-state index is 13.9. The zero-order chi connectivity index (χ0) is 24.3. The van der Waals surface area contributed by atoms with Crippen molar-refractivity contribution in [3.8, 4) is 0 Å². The molecule has 7 nitrogen and oxygen atoms in total. The molecule has 3 heterocycles. The third kappa shape index (κ3) is 4.58. The van der Waals surface area contributed by atoms with E-state index >= 15 is 0 Å². The van der Waals surface area contributed by atoms with Crippen molar-refractivity contribution in [3.63, 3.8) is 0 Å². The van der Waals surface area contributed by atoms with Gasteiger partial charge in [0, 0.05) is 31.0 Å². The van der Waals surface area contributed by atoms with Crippen molar-refractivity contribution in [1.82, 2.24) is 20.1 Å². The van der Waals surface area contributed by atoms with Crippen LogP contribution < -0.4 is 5.32 Å². The second-order valence-electron chi connectivity index (χ2n) is 9.20. The van der Waals surface area contributed by atoms with Gasteiger partial charge in [0.1, 0.15) is 5.82 Å². The van der Waals surface area contributed by atoms with E-state index in [9.17, 15) is 18.8 Å². The predicted molar refractivity (Wildman–Crippen MR) is 125 cm³/mol. The SMILES string of the molecule is CC(C)/C=C/C(=O)N1CCC([C@@]2(c3cccnc3)NC(=O)N(Cc3ccc(F)cc3)C2=O)CC1. The molecule has 1 aromatic heterocycles. The lowest BCUT2D eigenvalue weighted by Gasteiger charge is -2.40. The van der Waals surface area contributed by atoms with Gasteiger partial charge in [-0.1, -0.05) is 38.1 Å². The van der Waals surface area contributed by atoms with Crippen molar-refractivity contribution >= 4 is 17.8 Å². The third-order valence-corrected chi connectivity index (χ3v) is 6.55. The molecule has 1 N–H and O–H groups in total.